The first-order chi connectivity index (χ1) is 10.7. The fourth-order valence-electron chi connectivity index (χ4n) is 2.58. The summed E-state index contributed by atoms with van der Waals surface area (Å²) in [5, 5.41) is 0.889. The van der Waals surface area contributed by atoms with Gasteiger partial charge in [-0.3, -0.25) is 9.59 Å². The lowest BCUT2D eigenvalue weighted by Crippen LogP contribution is -2.51. The molecule has 1 saturated heterocycles. The lowest BCUT2D eigenvalue weighted by Gasteiger charge is -2.36. The Balaban J connectivity index is 1.96. The number of amides is 2. The van der Waals surface area contributed by atoms with E-state index < -0.39 is 0 Å². The summed E-state index contributed by atoms with van der Waals surface area (Å²) >= 11 is 11.9. The molecule has 0 aliphatic carbocycles. The van der Waals surface area contributed by atoms with Crippen LogP contribution in [0.15, 0.2) is 18.2 Å². The van der Waals surface area contributed by atoms with E-state index in [9.17, 15) is 9.59 Å². The van der Waals surface area contributed by atoms with E-state index >= 15 is 0 Å². The molecule has 1 aromatic rings. The molecule has 1 aromatic carbocycles. The number of nitrogens with zero attached hydrogens (tertiary/aromatic N) is 2. The number of carbonyl (C=O) groups excluding carboxylic acids is 2. The molecule has 4 nitrogen and oxygen atoms in total. The number of halogens is 2. The third-order valence-corrected chi connectivity index (χ3v) is 4.15. The zero-order valence-electron chi connectivity index (χ0n) is 13.7. The number of rotatable bonds is 2. The van der Waals surface area contributed by atoms with Gasteiger partial charge in [-0.2, -0.15) is 0 Å². The maximum absolute atomic E-state index is 12.5. The molecule has 23 heavy (non-hydrogen) atoms. The van der Waals surface area contributed by atoms with Gasteiger partial charge in [0.15, 0.2) is 0 Å². The van der Waals surface area contributed by atoms with Crippen molar-refractivity contribution in [1.82, 2.24) is 9.80 Å². The zero-order valence-corrected chi connectivity index (χ0v) is 15.2. The molecule has 0 aromatic heterocycles. The highest BCUT2D eigenvalue weighted by molar-refractivity contribution is 6.35. The van der Waals surface area contributed by atoms with Crippen molar-refractivity contribution in [3.63, 3.8) is 0 Å². The number of hydrogen-bond acceptors (Lipinski definition) is 2. The molecule has 0 atom stereocenters. The van der Waals surface area contributed by atoms with Crippen LogP contribution < -0.4 is 0 Å². The summed E-state index contributed by atoms with van der Waals surface area (Å²) in [4.78, 5) is 28.3. The van der Waals surface area contributed by atoms with Crippen molar-refractivity contribution in [3.05, 3.63) is 33.8 Å². The molecule has 2 amide bonds. The normalized spacial score (nSPS) is 15.7. The molecule has 6 heteroatoms. The van der Waals surface area contributed by atoms with Gasteiger partial charge < -0.3 is 9.80 Å². The second kappa shape index (κ2) is 7.10. The minimum absolute atomic E-state index is 0.0262. The van der Waals surface area contributed by atoms with Gasteiger partial charge in [-0.05, 0) is 23.6 Å². The van der Waals surface area contributed by atoms with Crippen molar-refractivity contribution < 1.29 is 9.59 Å². The zero-order chi connectivity index (χ0) is 17.2. The van der Waals surface area contributed by atoms with Crippen molar-refractivity contribution >= 4 is 35.0 Å². The number of carbonyl (C=O) groups is 2. The lowest BCUT2D eigenvalue weighted by molar-refractivity contribution is -0.134. The van der Waals surface area contributed by atoms with Crippen LogP contribution in [-0.2, 0) is 4.79 Å². The molecule has 2 rings (SSSR count). The van der Waals surface area contributed by atoms with Crippen molar-refractivity contribution in [2.24, 2.45) is 5.41 Å². The van der Waals surface area contributed by atoms with Gasteiger partial charge in [0.2, 0.25) is 5.91 Å². The highest BCUT2D eigenvalue weighted by atomic mass is 35.5. The third kappa shape index (κ3) is 5.11. The molecule has 1 aliphatic heterocycles. The van der Waals surface area contributed by atoms with Gasteiger partial charge in [0, 0.05) is 48.2 Å². The van der Waals surface area contributed by atoms with E-state index in [4.69, 9.17) is 23.2 Å². The van der Waals surface area contributed by atoms with Crippen LogP contribution in [0.1, 0.15) is 37.6 Å². The maximum Gasteiger partial charge on any atom is 0.254 e. The smallest absolute Gasteiger partial charge is 0.254 e. The fraction of sp³-hybridized carbons (Fsp3) is 0.529. The predicted octanol–water partition coefficient (Wildman–Crippen LogP) is 3.71. The van der Waals surface area contributed by atoms with E-state index in [1.54, 1.807) is 23.1 Å². The van der Waals surface area contributed by atoms with Gasteiger partial charge in [0.25, 0.3) is 5.91 Å². The monoisotopic (exact) mass is 356 g/mol. The van der Waals surface area contributed by atoms with Crippen LogP contribution >= 0.6 is 23.2 Å². The molecule has 1 aliphatic rings. The van der Waals surface area contributed by atoms with E-state index in [1.165, 1.54) is 0 Å². The summed E-state index contributed by atoms with van der Waals surface area (Å²) in [5.41, 5.74) is 0.457. The summed E-state index contributed by atoms with van der Waals surface area (Å²) < 4.78 is 0. The lowest BCUT2D eigenvalue weighted by atomic mass is 9.91. The summed E-state index contributed by atoms with van der Waals surface area (Å²) in [5.74, 6) is 0.0488. The Kier molecular flexibility index (Phi) is 5.58. The Bertz CT molecular complexity index is 583. The topological polar surface area (TPSA) is 40.6 Å². The summed E-state index contributed by atoms with van der Waals surface area (Å²) in [6, 6.07) is 4.84. The van der Waals surface area contributed by atoms with Gasteiger partial charge >= 0.3 is 0 Å². The first kappa shape index (κ1) is 18.1. The first-order valence-corrected chi connectivity index (χ1v) is 8.44. The van der Waals surface area contributed by atoms with E-state index in [2.05, 4.69) is 0 Å². The summed E-state index contributed by atoms with van der Waals surface area (Å²) in [6.45, 7) is 8.33. The Morgan fingerprint density at radius 2 is 1.43 bits per heavy atom. The number of hydrogen-bond donors (Lipinski definition) is 0. The molecule has 126 valence electrons. The van der Waals surface area contributed by atoms with Gasteiger partial charge in [0.05, 0.1) is 0 Å². The van der Waals surface area contributed by atoms with Crippen molar-refractivity contribution in [2.45, 2.75) is 27.2 Å². The second-order valence-corrected chi connectivity index (χ2v) is 7.94. The SMILES string of the molecule is CC(C)(C)CC(=O)N1CCN(C(=O)c2cc(Cl)cc(Cl)c2)CC1. The predicted molar refractivity (Wildman–Crippen MR) is 93.0 cm³/mol. The van der Waals surface area contributed by atoms with Crippen LogP contribution in [0.25, 0.3) is 0 Å². The maximum atomic E-state index is 12.5. The van der Waals surface area contributed by atoms with E-state index in [-0.39, 0.29) is 17.2 Å². The number of benzene rings is 1. The second-order valence-electron chi connectivity index (χ2n) is 7.07. The van der Waals surface area contributed by atoms with Crippen LogP contribution in [0.5, 0.6) is 0 Å². The molecule has 0 spiro atoms. The highest BCUT2D eigenvalue weighted by Crippen LogP contribution is 2.22. The van der Waals surface area contributed by atoms with Gasteiger partial charge in [-0.15, -0.1) is 0 Å². The molecule has 0 N–H and O–H groups in total. The Morgan fingerprint density at radius 3 is 1.91 bits per heavy atom. The standard InChI is InChI=1S/C17H22Cl2N2O2/c1-17(2,3)11-15(22)20-4-6-21(7-5-20)16(23)12-8-13(18)10-14(19)9-12/h8-10H,4-7,11H2,1-3H3. The average molecular weight is 357 g/mol. The van der Waals surface area contributed by atoms with Crippen LogP contribution in [0.4, 0.5) is 0 Å². The first-order valence-electron chi connectivity index (χ1n) is 7.69. The van der Waals surface area contributed by atoms with Gasteiger partial charge in [-0.1, -0.05) is 44.0 Å². The average Bonchev–Trinajstić information content (AvgIpc) is 2.44. The summed E-state index contributed by atoms with van der Waals surface area (Å²) in [6.07, 6.45) is 0.519. The van der Waals surface area contributed by atoms with Crippen molar-refractivity contribution in [1.29, 1.82) is 0 Å². The number of piperazine rings is 1. The largest absolute Gasteiger partial charge is 0.339 e. The van der Waals surface area contributed by atoms with Gasteiger partial charge in [-0.25, -0.2) is 0 Å². The Hall–Kier alpha value is -1.26. The molecule has 0 saturated carbocycles. The van der Waals surface area contributed by atoms with E-state index in [0.29, 0.717) is 48.2 Å². The van der Waals surface area contributed by atoms with Gasteiger partial charge in [0.1, 0.15) is 0 Å². The molecular formula is C17H22Cl2N2O2. The molecule has 1 heterocycles. The van der Waals surface area contributed by atoms with Crippen molar-refractivity contribution in [2.75, 3.05) is 26.2 Å². The molecule has 1 fully saturated rings. The molecule has 0 unspecified atom stereocenters. The fourth-order valence-corrected chi connectivity index (χ4v) is 3.11. The van der Waals surface area contributed by atoms with Crippen LogP contribution in [0.2, 0.25) is 10.0 Å². The minimum Gasteiger partial charge on any atom is -0.339 e. The molecule has 0 bridgehead atoms. The van der Waals surface area contributed by atoms with Crippen LogP contribution in [0, 0.1) is 5.41 Å². The third-order valence-electron chi connectivity index (χ3n) is 3.71. The van der Waals surface area contributed by atoms with Crippen molar-refractivity contribution in [3.8, 4) is 0 Å². The van der Waals surface area contributed by atoms with Crippen LogP contribution in [0.3, 0.4) is 0 Å². The quantitative estimate of drug-likeness (QED) is 0.810. The van der Waals surface area contributed by atoms with E-state index in [1.807, 2.05) is 25.7 Å². The minimum atomic E-state index is -0.0997. The van der Waals surface area contributed by atoms with E-state index in [0.717, 1.165) is 0 Å². The molecular weight excluding hydrogens is 335 g/mol. The Labute approximate surface area is 147 Å². The highest BCUT2D eigenvalue weighted by Gasteiger charge is 2.27. The molecule has 0 radical (unpaired) electrons. The Morgan fingerprint density at radius 1 is 0.957 bits per heavy atom. The summed E-state index contributed by atoms with van der Waals surface area (Å²) in [7, 11) is 0. The van der Waals surface area contributed by atoms with Crippen LogP contribution in [-0.4, -0.2) is 47.8 Å².